The first kappa shape index (κ1) is 28.1. The molecule has 1 saturated heterocycles. The number of rotatable bonds is 6. The second-order valence-corrected chi connectivity index (χ2v) is 9.09. The number of fused-ring (bicyclic) bond motifs is 1. The van der Waals surface area contributed by atoms with Gasteiger partial charge in [0, 0.05) is 55.7 Å². The molecule has 3 N–H and O–H groups in total. The van der Waals surface area contributed by atoms with Gasteiger partial charge in [-0.15, -0.1) is 0 Å². The number of nitrogens with zero attached hydrogens (tertiary/aromatic N) is 2. The SMILES string of the molecule is O=C(O)C(F)(F)F.O=C1NCCc2[nH]c(-c3ccnc(/C=C/c4ccccc4CCN4CCOCC4)c3)cc21. The summed E-state index contributed by atoms with van der Waals surface area (Å²) >= 11 is 0. The molecule has 0 atom stereocenters. The number of amides is 1. The summed E-state index contributed by atoms with van der Waals surface area (Å²) in [6.07, 6.45) is 2.80. The van der Waals surface area contributed by atoms with Crippen LogP contribution in [0.2, 0.25) is 0 Å². The maximum Gasteiger partial charge on any atom is 0.490 e. The van der Waals surface area contributed by atoms with Crippen LogP contribution < -0.4 is 5.32 Å². The minimum atomic E-state index is -5.08. The third-order valence-electron chi connectivity index (χ3n) is 6.43. The molecule has 2 aliphatic heterocycles. The van der Waals surface area contributed by atoms with Crippen molar-refractivity contribution >= 4 is 24.0 Å². The Kier molecular flexibility index (Phi) is 9.15. The molecule has 1 fully saturated rings. The van der Waals surface area contributed by atoms with Gasteiger partial charge in [-0.3, -0.25) is 14.7 Å². The number of nitrogens with one attached hydrogen (secondary N) is 2. The number of hydrogen-bond acceptors (Lipinski definition) is 5. The number of carbonyl (C=O) groups is 2. The molecule has 11 heteroatoms. The molecule has 8 nitrogen and oxygen atoms in total. The summed E-state index contributed by atoms with van der Waals surface area (Å²) < 4.78 is 37.2. The number of carbonyl (C=O) groups excluding carboxylic acids is 1. The molecule has 2 aromatic heterocycles. The van der Waals surface area contributed by atoms with E-state index in [-0.39, 0.29) is 5.91 Å². The van der Waals surface area contributed by atoms with Crippen LogP contribution in [0.5, 0.6) is 0 Å². The molecular formula is C28H29F3N4O4. The standard InChI is InChI=1S/C26H28N4O2.C2HF3O2/c31-26-23-18-25(29-24(23)8-11-28-26)21-7-10-27-22(17-21)6-5-19-3-1-2-4-20(19)9-12-30-13-15-32-16-14-30;3-2(4,5)1(6)7/h1-7,10,17-18,29H,8-9,11-16H2,(H,28,31);(H,6,7)/b6-5+;. The Balaban J connectivity index is 0.000000448. The lowest BCUT2D eigenvalue weighted by molar-refractivity contribution is -0.192. The van der Waals surface area contributed by atoms with Crippen molar-refractivity contribution in [2.45, 2.75) is 19.0 Å². The molecule has 0 saturated carbocycles. The van der Waals surface area contributed by atoms with Crippen molar-refractivity contribution in [2.24, 2.45) is 0 Å². The van der Waals surface area contributed by atoms with E-state index in [0.29, 0.717) is 6.54 Å². The van der Waals surface area contributed by atoms with Crippen LogP contribution in [0.4, 0.5) is 13.2 Å². The first-order valence-electron chi connectivity index (χ1n) is 12.5. The van der Waals surface area contributed by atoms with E-state index in [1.807, 2.05) is 18.3 Å². The topological polar surface area (TPSA) is 108 Å². The number of pyridine rings is 1. The first-order valence-corrected chi connectivity index (χ1v) is 12.5. The van der Waals surface area contributed by atoms with E-state index < -0.39 is 12.1 Å². The van der Waals surface area contributed by atoms with Gasteiger partial charge in [-0.2, -0.15) is 13.2 Å². The fourth-order valence-electron chi connectivity index (χ4n) is 4.36. The number of H-pyrrole nitrogens is 1. The predicted octanol–water partition coefficient (Wildman–Crippen LogP) is 4.04. The average Bonchev–Trinajstić information content (AvgIpc) is 3.38. The van der Waals surface area contributed by atoms with Gasteiger partial charge in [0.05, 0.1) is 24.5 Å². The first-order chi connectivity index (χ1) is 18.7. The molecule has 0 radical (unpaired) electrons. The third kappa shape index (κ3) is 7.78. The van der Waals surface area contributed by atoms with Crippen molar-refractivity contribution in [3.05, 3.63) is 76.7 Å². The zero-order valence-electron chi connectivity index (χ0n) is 21.1. The Morgan fingerprint density at radius 2 is 1.87 bits per heavy atom. The summed E-state index contributed by atoms with van der Waals surface area (Å²) in [6.45, 7) is 5.42. The van der Waals surface area contributed by atoms with Crippen LogP contribution in [-0.4, -0.2) is 77.4 Å². The number of hydrogen-bond donors (Lipinski definition) is 3. The number of ether oxygens (including phenoxy) is 1. The molecule has 5 rings (SSSR count). The van der Waals surface area contributed by atoms with E-state index in [0.717, 1.165) is 73.9 Å². The molecule has 1 amide bonds. The Labute approximate surface area is 223 Å². The number of alkyl halides is 3. The van der Waals surface area contributed by atoms with Crippen LogP contribution >= 0.6 is 0 Å². The van der Waals surface area contributed by atoms with Gasteiger partial charge in [-0.25, -0.2) is 4.79 Å². The van der Waals surface area contributed by atoms with Gasteiger partial charge in [-0.05, 0) is 41.8 Å². The molecule has 3 aromatic rings. The van der Waals surface area contributed by atoms with Crippen molar-refractivity contribution < 1.29 is 32.6 Å². The number of aromatic nitrogens is 2. The van der Waals surface area contributed by atoms with Gasteiger partial charge >= 0.3 is 12.1 Å². The number of halogens is 3. The molecule has 4 heterocycles. The van der Waals surface area contributed by atoms with Crippen LogP contribution in [0.3, 0.4) is 0 Å². The Morgan fingerprint density at radius 1 is 1.13 bits per heavy atom. The minimum Gasteiger partial charge on any atom is -0.475 e. The summed E-state index contributed by atoms with van der Waals surface area (Å²) in [5.41, 5.74) is 7.19. The fraction of sp³-hybridized carbons (Fsp3) is 0.321. The molecule has 206 valence electrons. The number of carboxylic acid groups (broad SMARTS) is 1. The van der Waals surface area contributed by atoms with Crippen LogP contribution in [-0.2, 0) is 22.4 Å². The van der Waals surface area contributed by atoms with Crippen LogP contribution in [0.1, 0.15) is 32.9 Å². The Hall–Kier alpha value is -3.96. The summed E-state index contributed by atoms with van der Waals surface area (Å²) in [4.78, 5) is 31.4. The number of morpholine rings is 1. The highest BCUT2D eigenvalue weighted by molar-refractivity contribution is 5.97. The maximum atomic E-state index is 12.1. The summed E-state index contributed by atoms with van der Waals surface area (Å²) in [7, 11) is 0. The van der Waals surface area contributed by atoms with Gasteiger partial charge in [0.1, 0.15) is 0 Å². The van der Waals surface area contributed by atoms with Crippen molar-refractivity contribution in [3.8, 4) is 11.3 Å². The van der Waals surface area contributed by atoms with Crippen molar-refractivity contribution in [3.63, 3.8) is 0 Å². The van der Waals surface area contributed by atoms with Crippen molar-refractivity contribution in [1.29, 1.82) is 0 Å². The van der Waals surface area contributed by atoms with Gasteiger partial charge < -0.3 is 20.1 Å². The predicted molar refractivity (Wildman–Crippen MR) is 140 cm³/mol. The Morgan fingerprint density at radius 3 is 2.59 bits per heavy atom. The number of benzene rings is 1. The normalized spacial score (nSPS) is 15.8. The average molecular weight is 543 g/mol. The van der Waals surface area contributed by atoms with Crippen molar-refractivity contribution in [2.75, 3.05) is 39.4 Å². The number of aliphatic carboxylic acids is 1. The number of carboxylic acids is 1. The van der Waals surface area contributed by atoms with Crippen LogP contribution in [0.15, 0.2) is 48.7 Å². The van der Waals surface area contributed by atoms with E-state index in [4.69, 9.17) is 14.6 Å². The summed E-state index contributed by atoms with van der Waals surface area (Å²) in [5, 5.41) is 10.0. The smallest absolute Gasteiger partial charge is 0.475 e. The minimum absolute atomic E-state index is 0.00314. The van der Waals surface area contributed by atoms with E-state index in [1.54, 1.807) is 0 Å². The molecule has 0 aliphatic carbocycles. The lowest BCUT2D eigenvalue weighted by Gasteiger charge is -2.26. The molecular weight excluding hydrogens is 513 g/mol. The zero-order valence-corrected chi connectivity index (χ0v) is 21.1. The highest BCUT2D eigenvalue weighted by Gasteiger charge is 2.38. The van der Waals surface area contributed by atoms with E-state index in [2.05, 4.69) is 62.7 Å². The second-order valence-electron chi connectivity index (χ2n) is 9.09. The summed E-state index contributed by atoms with van der Waals surface area (Å²) in [5.74, 6) is -2.76. The molecule has 0 unspecified atom stereocenters. The lowest BCUT2D eigenvalue weighted by atomic mass is 10.0. The van der Waals surface area contributed by atoms with Gasteiger partial charge in [0.25, 0.3) is 5.91 Å². The van der Waals surface area contributed by atoms with Gasteiger partial charge in [0.15, 0.2) is 0 Å². The van der Waals surface area contributed by atoms with E-state index in [9.17, 15) is 18.0 Å². The van der Waals surface area contributed by atoms with Crippen LogP contribution in [0, 0.1) is 0 Å². The second kappa shape index (κ2) is 12.7. The highest BCUT2D eigenvalue weighted by Crippen LogP contribution is 2.25. The maximum absolute atomic E-state index is 12.1. The van der Waals surface area contributed by atoms with Crippen molar-refractivity contribution in [1.82, 2.24) is 20.2 Å². The lowest BCUT2D eigenvalue weighted by Crippen LogP contribution is -2.37. The molecule has 2 aliphatic rings. The zero-order chi connectivity index (χ0) is 27.8. The number of aromatic amines is 1. The molecule has 0 spiro atoms. The molecule has 1 aromatic carbocycles. The van der Waals surface area contributed by atoms with E-state index in [1.165, 1.54) is 11.1 Å². The highest BCUT2D eigenvalue weighted by atomic mass is 19.4. The Bertz CT molecular complexity index is 1330. The third-order valence-corrected chi connectivity index (χ3v) is 6.43. The molecule has 39 heavy (non-hydrogen) atoms. The molecule has 0 bridgehead atoms. The van der Waals surface area contributed by atoms with E-state index >= 15 is 0 Å². The van der Waals surface area contributed by atoms with Crippen LogP contribution in [0.25, 0.3) is 23.4 Å². The van der Waals surface area contributed by atoms with Gasteiger partial charge in [-0.1, -0.05) is 30.3 Å². The largest absolute Gasteiger partial charge is 0.490 e. The fourth-order valence-corrected chi connectivity index (χ4v) is 4.36. The quantitative estimate of drug-likeness (QED) is 0.434. The monoisotopic (exact) mass is 542 g/mol. The summed E-state index contributed by atoms with van der Waals surface area (Å²) in [6, 6.07) is 14.5. The van der Waals surface area contributed by atoms with Gasteiger partial charge in [0.2, 0.25) is 0 Å².